The molecule has 0 spiro atoms. The van der Waals surface area contributed by atoms with Crippen LogP contribution in [0.5, 0.6) is 0 Å². The number of carbonyl (C=O) groups is 1. The molecule has 0 bridgehead atoms. The molecule has 0 radical (unpaired) electrons. The third kappa shape index (κ3) is 3.23. The third-order valence-corrected chi connectivity index (χ3v) is 3.32. The Morgan fingerprint density at radius 1 is 1.21 bits per heavy atom. The molecule has 96 valence electrons. The lowest BCUT2D eigenvalue weighted by molar-refractivity contribution is -0.694. The highest BCUT2D eigenvalue weighted by Crippen LogP contribution is 2.12. The molecule has 2 rings (SSSR count). The summed E-state index contributed by atoms with van der Waals surface area (Å²) in [5, 5.41) is 10.5. The van der Waals surface area contributed by atoms with Crippen molar-refractivity contribution >= 4 is 27.4 Å². The lowest BCUT2D eigenvalue weighted by Crippen LogP contribution is -2.38. The molecule has 1 aromatic heterocycles. The van der Waals surface area contributed by atoms with Gasteiger partial charge in [-0.3, -0.25) is 14.9 Å². The minimum Gasteiger partial charge on any atom is -0.287 e. The average Bonchev–Trinajstić information content (AvgIpc) is 2.41. The van der Waals surface area contributed by atoms with Gasteiger partial charge in [-0.05, 0) is 18.2 Å². The number of nitro groups is 1. The number of non-ortho nitro benzene ring substituents is 1. The molecule has 6 heteroatoms. The zero-order valence-corrected chi connectivity index (χ0v) is 11.4. The smallest absolute Gasteiger partial charge is 0.269 e. The summed E-state index contributed by atoms with van der Waals surface area (Å²) in [5.41, 5.74) is 0.430. The van der Waals surface area contributed by atoms with Crippen molar-refractivity contribution in [2.75, 3.05) is 0 Å². The molecule has 19 heavy (non-hydrogen) atoms. The summed E-state index contributed by atoms with van der Waals surface area (Å²) in [6.07, 6.45) is 1.79. The second kappa shape index (κ2) is 5.71. The zero-order chi connectivity index (χ0) is 13.8. The maximum absolute atomic E-state index is 12.0. The molecule has 0 amide bonds. The van der Waals surface area contributed by atoms with E-state index in [4.69, 9.17) is 0 Å². The van der Waals surface area contributed by atoms with Gasteiger partial charge in [0.05, 0.1) is 4.92 Å². The number of ketones is 1. The number of pyridine rings is 1. The predicted molar refractivity (Wildman–Crippen MR) is 71.8 cm³/mol. The maximum atomic E-state index is 12.0. The lowest BCUT2D eigenvalue weighted by atomic mass is 10.1. The van der Waals surface area contributed by atoms with E-state index < -0.39 is 4.92 Å². The molecule has 2 aromatic rings. The van der Waals surface area contributed by atoms with E-state index >= 15 is 0 Å². The van der Waals surface area contributed by atoms with Crippen molar-refractivity contribution in [3.8, 4) is 0 Å². The number of nitrogens with zero attached hydrogens (tertiary/aromatic N) is 2. The van der Waals surface area contributed by atoms with Crippen LogP contribution in [0.3, 0.4) is 0 Å². The Bertz CT molecular complexity index is 626. The Morgan fingerprint density at radius 2 is 1.89 bits per heavy atom. The number of benzene rings is 1. The largest absolute Gasteiger partial charge is 0.287 e. The number of aromatic nitrogens is 1. The first kappa shape index (κ1) is 13.4. The van der Waals surface area contributed by atoms with Crippen LogP contribution in [-0.2, 0) is 6.54 Å². The van der Waals surface area contributed by atoms with Gasteiger partial charge in [-0.15, -0.1) is 0 Å². The first-order chi connectivity index (χ1) is 9.08. The lowest BCUT2D eigenvalue weighted by Gasteiger charge is -1.99. The first-order valence-corrected chi connectivity index (χ1v) is 6.29. The number of nitro benzene ring substituents is 1. The molecule has 5 nitrogen and oxygen atoms in total. The molecule has 0 fully saturated rings. The summed E-state index contributed by atoms with van der Waals surface area (Å²) in [7, 11) is 0. The summed E-state index contributed by atoms with van der Waals surface area (Å²) in [4.78, 5) is 22.1. The average molecular weight is 322 g/mol. The van der Waals surface area contributed by atoms with Crippen LogP contribution in [0.15, 0.2) is 53.3 Å². The summed E-state index contributed by atoms with van der Waals surface area (Å²) in [5.74, 6) is -0.105. The number of Topliss-reactive ketones (excluding diaryl/α,β-unsaturated/α-hetero) is 1. The molecule has 1 aromatic carbocycles. The zero-order valence-electron chi connectivity index (χ0n) is 9.82. The van der Waals surface area contributed by atoms with Crippen LogP contribution < -0.4 is 4.57 Å². The molecule has 1 heterocycles. The van der Waals surface area contributed by atoms with Gasteiger partial charge < -0.3 is 0 Å². The van der Waals surface area contributed by atoms with Gasteiger partial charge in [-0.1, -0.05) is 0 Å². The van der Waals surface area contributed by atoms with E-state index in [1.54, 1.807) is 10.8 Å². The van der Waals surface area contributed by atoms with Crippen LogP contribution >= 0.6 is 15.9 Å². The molecule has 0 saturated heterocycles. The van der Waals surface area contributed by atoms with Gasteiger partial charge in [-0.2, -0.15) is 4.57 Å². The minimum absolute atomic E-state index is 0.0231. The Hall–Kier alpha value is -2.08. The standard InChI is InChI=1S/C13H10BrN2O3/c14-13-3-1-2-8-15(13)9-12(17)10-4-6-11(7-5-10)16(18)19/h1-8H,9H2/q+1. The molecule has 0 aliphatic carbocycles. The quantitative estimate of drug-likeness (QED) is 0.286. The highest BCUT2D eigenvalue weighted by molar-refractivity contribution is 9.10. The normalized spacial score (nSPS) is 10.2. The molecule has 0 aliphatic heterocycles. The van der Waals surface area contributed by atoms with E-state index in [9.17, 15) is 14.9 Å². The van der Waals surface area contributed by atoms with Crippen LogP contribution in [0.2, 0.25) is 0 Å². The number of rotatable bonds is 4. The monoisotopic (exact) mass is 321 g/mol. The summed E-state index contributed by atoms with van der Waals surface area (Å²) in [6, 6.07) is 11.1. The Balaban J connectivity index is 2.16. The Labute approximate surface area is 117 Å². The van der Waals surface area contributed by atoms with Crippen molar-refractivity contribution in [1.82, 2.24) is 0 Å². The van der Waals surface area contributed by atoms with E-state index in [0.717, 1.165) is 4.60 Å². The van der Waals surface area contributed by atoms with Crippen LogP contribution in [0.4, 0.5) is 5.69 Å². The Morgan fingerprint density at radius 3 is 2.47 bits per heavy atom. The summed E-state index contributed by atoms with van der Waals surface area (Å²) in [6.45, 7) is 0.180. The second-order valence-corrected chi connectivity index (χ2v) is 4.69. The van der Waals surface area contributed by atoms with E-state index in [-0.39, 0.29) is 18.0 Å². The van der Waals surface area contributed by atoms with Crippen molar-refractivity contribution in [2.45, 2.75) is 6.54 Å². The van der Waals surface area contributed by atoms with Crippen molar-refractivity contribution in [3.63, 3.8) is 0 Å². The SMILES string of the molecule is O=C(C[n+]1ccccc1Br)c1ccc([N+](=O)[O-])cc1. The van der Waals surface area contributed by atoms with Crippen molar-refractivity contribution in [3.05, 3.63) is 68.9 Å². The van der Waals surface area contributed by atoms with Crippen LogP contribution in [-0.4, -0.2) is 10.7 Å². The number of carbonyl (C=O) groups excluding carboxylic acids is 1. The first-order valence-electron chi connectivity index (χ1n) is 5.49. The summed E-state index contributed by atoms with van der Waals surface area (Å²) >= 11 is 3.35. The fourth-order valence-corrected chi connectivity index (χ4v) is 1.99. The second-order valence-electron chi connectivity index (χ2n) is 3.88. The fourth-order valence-electron chi connectivity index (χ4n) is 1.60. The topological polar surface area (TPSA) is 64.1 Å². The number of halogens is 1. The predicted octanol–water partition coefficient (Wildman–Crippen LogP) is 2.53. The number of hydrogen-bond donors (Lipinski definition) is 0. The van der Waals surface area contributed by atoms with Crippen LogP contribution in [0, 0.1) is 10.1 Å². The highest BCUT2D eigenvalue weighted by Gasteiger charge is 2.15. The van der Waals surface area contributed by atoms with Crippen LogP contribution in [0.1, 0.15) is 10.4 Å². The van der Waals surface area contributed by atoms with E-state index in [0.29, 0.717) is 5.56 Å². The third-order valence-electron chi connectivity index (χ3n) is 2.60. The summed E-state index contributed by atoms with van der Waals surface area (Å²) < 4.78 is 2.55. The molecular formula is C13H10BrN2O3+. The van der Waals surface area contributed by atoms with E-state index in [2.05, 4.69) is 15.9 Å². The molecule has 0 aliphatic rings. The highest BCUT2D eigenvalue weighted by atomic mass is 79.9. The van der Waals surface area contributed by atoms with E-state index in [1.165, 1.54) is 24.3 Å². The van der Waals surface area contributed by atoms with Gasteiger partial charge in [0.15, 0.2) is 6.20 Å². The van der Waals surface area contributed by atoms with Crippen molar-refractivity contribution in [2.24, 2.45) is 0 Å². The van der Waals surface area contributed by atoms with Gasteiger partial charge >= 0.3 is 0 Å². The van der Waals surface area contributed by atoms with Gasteiger partial charge in [0.25, 0.3) is 5.69 Å². The van der Waals surface area contributed by atoms with Gasteiger partial charge in [0.1, 0.15) is 0 Å². The molecule has 0 unspecified atom stereocenters. The molecule has 0 N–H and O–H groups in total. The van der Waals surface area contributed by atoms with Crippen LogP contribution in [0.25, 0.3) is 0 Å². The van der Waals surface area contributed by atoms with Crippen molar-refractivity contribution < 1.29 is 14.3 Å². The van der Waals surface area contributed by atoms with Gasteiger partial charge in [0, 0.05) is 45.8 Å². The van der Waals surface area contributed by atoms with Gasteiger partial charge in [-0.25, -0.2) is 0 Å². The minimum atomic E-state index is -0.489. The number of hydrogen-bond acceptors (Lipinski definition) is 3. The maximum Gasteiger partial charge on any atom is 0.269 e. The molecule has 0 saturated carbocycles. The molecule has 0 atom stereocenters. The fraction of sp³-hybridized carbons (Fsp3) is 0.0769. The Kier molecular flexibility index (Phi) is 4.01. The van der Waals surface area contributed by atoms with Gasteiger partial charge in [0.2, 0.25) is 16.9 Å². The molecular weight excluding hydrogens is 312 g/mol. The van der Waals surface area contributed by atoms with Crippen molar-refractivity contribution in [1.29, 1.82) is 0 Å². The van der Waals surface area contributed by atoms with E-state index in [1.807, 2.05) is 18.2 Å².